The molecule has 10 heteroatoms. The SMILES string of the molecule is CS(=O)(=O)CCCn1c(Cn2c(=O)n(C3CC3)c3ccncc32)nc2cc(F)ccc21. The molecule has 0 saturated heterocycles. The first kappa shape index (κ1) is 19.9. The van der Waals surface area contributed by atoms with Crippen LogP contribution in [0.2, 0.25) is 0 Å². The molecule has 1 aromatic carbocycles. The number of hydrogen-bond acceptors (Lipinski definition) is 5. The fraction of sp³-hybridized carbons (Fsp3) is 0.381. The van der Waals surface area contributed by atoms with Gasteiger partial charge in [0.15, 0.2) is 0 Å². The third kappa shape index (κ3) is 3.76. The van der Waals surface area contributed by atoms with Gasteiger partial charge in [0.25, 0.3) is 0 Å². The molecule has 1 fully saturated rings. The zero-order chi connectivity index (χ0) is 21.8. The maximum absolute atomic E-state index is 13.8. The summed E-state index contributed by atoms with van der Waals surface area (Å²) in [7, 11) is -3.10. The highest BCUT2D eigenvalue weighted by Crippen LogP contribution is 2.36. The number of nitrogens with zero attached hydrogens (tertiary/aromatic N) is 5. The number of imidazole rings is 2. The van der Waals surface area contributed by atoms with Gasteiger partial charge in [0.2, 0.25) is 0 Å². The summed E-state index contributed by atoms with van der Waals surface area (Å²) in [5.41, 5.74) is 2.63. The van der Waals surface area contributed by atoms with Crippen LogP contribution in [0.1, 0.15) is 31.1 Å². The van der Waals surface area contributed by atoms with E-state index in [-0.39, 0.29) is 24.0 Å². The van der Waals surface area contributed by atoms with E-state index < -0.39 is 15.7 Å². The van der Waals surface area contributed by atoms with Crippen molar-refractivity contribution in [2.45, 2.75) is 38.4 Å². The van der Waals surface area contributed by atoms with E-state index >= 15 is 0 Å². The summed E-state index contributed by atoms with van der Waals surface area (Å²) in [5.74, 6) is 0.222. The molecule has 0 N–H and O–H groups in total. The van der Waals surface area contributed by atoms with Gasteiger partial charge in [0.1, 0.15) is 21.5 Å². The molecule has 3 aromatic heterocycles. The van der Waals surface area contributed by atoms with Gasteiger partial charge in [-0.3, -0.25) is 14.1 Å². The van der Waals surface area contributed by atoms with Gasteiger partial charge in [-0.05, 0) is 37.5 Å². The van der Waals surface area contributed by atoms with E-state index in [4.69, 9.17) is 0 Å². The van der Waals surface area contributed by atoms with Crippen molar-refractivity contribution in [3.63, 3.8) is 0 Å². The van der Waals surface area contributed by atoms with E-state index in [0.29, 0.717) is 29.8 Å². The van der Waals surface area contributed by atoms with E-state index in [9.17, 15) is 17.6 Å². The van der Waals surface area contributed by atoms with Gasteiger partial charge in [0.05, 0.1) is 40.6 Å². The Bertz CT molecular complexity index is 1460. The summed E-state index contributed by atoms with van der Waals surface area (Å²) in [6.07, 6.45) is 6.90. The van der Waals surface area contributed by atoms with Crippen molar-refractivity contribution in [1.29, 1.82) is 0 Å². The van der Waals surface area contributed by atoms with Gasteiger partial charge in [-0.1, -0.05) is 0 Å². The van der Waals surface area contributed by atoms with E-state index in [1.165, 1.54) is 18.4 Å². The van der Waals surface area contributed by atoms with E-state index in [0.717, 1.165) is 23.9 Å². The molecule has 3 heterocycles. The molecular formula is C21H22FN5O3S. The number of halogens is 1. The second kappa shape index (κ2) is 7.30. The molecular weight excluding hydrogens is 421 g/mol. The van der Waals surface area contributed by atoms with Gasteiger partial charge < -0.3 is 4.57 Å². The number of rotatable bonds is 7. The zero-order valence-electron chi connectivity index (χ0n) is 17.0. The van der Waals surface area contributed by atoms with Crippen molar-refractivity contribution in [3.8, 4) is 0 Å². The standard InChI is InChI=1S/C21H22FN5O3S/c1-31(29,30)10-2-9-25-17-6-3-14(22)11-16(17)24-20(25)13-26-19-12-23-8-7-18(19)27(21(26)28)15-4-5-15/h3,6-8,11-12,15H,2,4-5,9-10,13H2,1H3. The van der Waals surface area contributed by atoms with Gasteiger partial charge in [-0.2, -0.15) is 0 Å². The average molecular weight is 444 g/mol. The lowest BCUT2D eigenvalue weighted by molar-refractivity contribution is 0.583. The lowest BCUT2D eigenvalue weighted by Gasteiger charge is -2.10. The summed E-state index contributed by atoms with van der Waals surface area (Å²) in [4.78, 5) is 22.0. The largest absolute Gasteiger partial charge is 0.329 e. The van der Waals surface area contributed by atoms with Crippen LogP contribution in [0, 0.1) is 5.82 Å². The molecule has 0 amide bonds. The third-order valence-electron chi connectivity index (χ3n) is 5.66. The molecule has 0 aliphatic heterocycles. The number of aryl methyl sites for hydroxylation is 1. The maximum Gasteiger partial charge on any atom is 0.329 e. The molecule has 0 unspecified atom stereocenters. The molecule has 4 aromatic rings. The third-order valence-corrected chi connectivity index (χ3v) is 6.69. The summed E-state index contributed by atoms with van der Waals surface area (Å²) in [6, 6.07) is 6.40. The topological polar surface area (TPSA) is 91.8 Å². The Labute approximate surface area is 177 Å². The van der Waals surface area contributed by atoms with Gasteiger partial charge in [-0.25, -0.2) is 22.6 Å². The summed E-state index contributed by atoms with van der Waals surface area (Å²) >= 11 is 0. The molecule has 1 aliphatic carbocycles. The second-order valence-electron chi connectivity index (χ2n) is 8.13. The highest BCUT2D eigenvalue weighted by Gasteiger charge is 2.29. The van der Waals surface area contributed by atoms with Gasteiger partial charge >= 0.3 is 5.69 Å². The second-order valence-corrected chi connectivity index (χ2v) is 10.4. The van der Waals surface area contributed by atoms with Gasteiger partial charge in [0, 0.05) is 31.1 Å². The first-order valence-electron chi connectivity index (χ1n) is 10.2. The molecule has 1 aliphatic rings. The minimum absolute atomic E-state index is 0.0398. The predicted molar refractivity (Wildman–Crippen MR) is 115 cm³/mol. The van der Waals surface area contributed by atoms with E-state index in [1.54, 1.807) is 23.0 Å². The molecule has 0 radical (unpaired) electrons. The van der Waals surface area contributed by atoms with Crippen molar-refractivity contribution < 1.29 is 12.8 Å². The lowest BCUT2D eigenvalue weighted by Crippen LogP contribution is -2.25. The van der Waals surface area contributed by atoms with Crippen LogP contribution in [-0.2, 0) is 22.9 Å². The zero-order valence-corrected chi connectivity index (χ0v) is 17.8. The van der Waals surface area contributed by atoms with Crippen LogP contribution in [-0.4, -0.2) is 44.1 Å². The number of sulfone groups is 1. The smallest absolute Gasteiger partial charge is 0.326 e. The van der Waals surface area contributed by atoms with Crippen LogP contribution in [0.4, 0.5) is 4.39 Å². The van der Waals surface area contributed by atoms with Crippen LogP contribution in [0.15, 0.2) is 41.5 Å². The first-order valence-corrected chi connectivity index (χ1v) is 12.2. The van der Waals surface area contributed by atoms with Crippen molar-refractivity contribution in [2.75, 3.05) is 12.0 Å². The Morgan fingerprint density at radius 3 is 2.68 bits per heavy atom. The van der Waals surface area contributed by atoms with Crippen LogP contribution in [0.3, 0.4) is 0 Å². The Morgan fingerprint density at radius 1 is 1.13 bits per heavy atom. The van der Waals surface area contributed by atoms with Crippen molar-refractivity contribution in [2.24, 2.45) is 0 Å². The monoisotopic (exact) mass is 443 g/mol. The van der Waals surface area contributed by atoms with Crippen molar-refractivity contribution in [1.82, 2.24) is 23.7 Å². The maximum atomic E-state index is 13.8. The first-order chi connectivity index (χ1) is 14.8. The number of fused-ring (bicyclic) bond motifs is 2. The summed E-state index contributed by atoms with van der Waals surface area (Å²) < 4.78 is 42.3. The molecule has 0 bridgehead atoms. The molecule has 5 rings (SSSR count). The number of aromatic nitrogens is 5. The number of benzene rings is 1. The Balaban J connectivity index is 1.60. The molecule has 0 atom stereocenters. The van der Waals surface area contributed by atoms with Crippen LogP contribution < -0.4 is 5.69 Å². The fourth-order valence-corrected chi connectivity index (χ4v) is 4.77. The number of pyridine rings is 1. The van der Waals surface area contributed by atoms with Crippen LogP contribution in [0.25, 0.3) is 22.1 Å². The van der Waals surface area contributed by atoms with Gasteiger partial charge in [-0.15, -0.1) is 0 Å². The predicted octanol–water partition coefficient (Wildman–Crippen LogP) is 2.50. The van der Waals surface area contributed by atoms with Crippen LogP contribution in [0.5, 0.6) is 0 Å². The average Bonchev–Trinajstić information content (AvgIpc) is 3.43. The fourth-order valence-electron chi connectivity index (χ4n) is 4.11. The molecule has 31 heavy (non-hydrogen) atoms. The molecule has 8 nitrogen and oxygen atoms in total. The molecule has 1 saturated carbocycles. The van der Waals surface area contributed by atoms with Crippen molar-refractivity contribution in [3.05, 3.63) is 58.8 Å². The lowest BCUT2D eigenvalue weighted by atomic mass is 10.3. The Morgan fingerprint density at radius 2 is 1.94 bits per heavy atom. The minimum atomic E-state index is -3.10. The van der Waals surface area contributed by atoms with E-state index in [2.05, 4.69) is 9.97 Å². The summed E-state index contributed by atoms with van der Waals surface area (Å²) in [6.45, 7) is 0.592. The quantitative estimate of drug-likeness (QED) is 0.438. The molecule has 162 valence electrons. The summed E-state index contributed by atoms with van der Waals surface area (Å²) in [5, 5.41) is 0. The highest BCUT2D eigenvalue weighted by molar-refractivity contribution is 7.90. The minimum Gasteiger partial charge on any atom is -0.326 e. The number of hydrogen-bond donors (Lipinski definition) is 0. The Kier molecular flexibility index (Phi) is 4.69. The normalized spacial score (nSPS) is 14.6. The van der Waals surface area contributed by atoms with Crippen molar-refractivity contribution >= 4 is 31.9 Å². The Hall–Kier alpha value is -3.01. The van der Waals surface area contributed by atoms with Crippen LogP contribution >= 0.6 is 0 Å². The molecule has 0 spiro atoms. The van der Waals surface area contributed by atoms with E-state index in [1.807, 2.05) is 15.2 Å². The highest BCUT2D eigenvalue weighted by atomic mass is 32.2.